The molecule has 3 aromatic rings. The van der Waals surface area contributed by atoms with E-state index in [1.54, 1.807) is 6.92 Å². The zero-order valence-electron chi connectivity index (χ0n) is 15.6. The minimum Gasteiger partial charge on any atom is -0.508 e. The molecule has 7 nitrogen and oxygen atoms in total. The highest BCUT2D eigenvalue weighted by molar-refractivity contribution is 6.00. The molecule has 1 aromatic carbocycles. The van der Waals surface area contributed by atoms with Crippen molar-refractivity contribution < 1.29 is 18.7 Å². The van der Waals surface area contributed by atoms with E-state index in [4.69, 9.17) is 0 Å². The number of hydrogen-bond donors (Lipinski definition) is 3. The molecule has 0 spiro atoms. The van der Waals surface area contributed by atoms with Crippen molar-refractivity contribution in [2.24, 2.45) is 11.8 Å². The Morgan fingerprint density at radius 2 is 2.17 bits per heavy atom. The van der Waals surface area contributed by atoms with Crippen molar-refractivity contribution in [1.29, 1.82) is 0 Å². The van der Waals surface area contributed by atoms with Gasteiger partial charge >= 0.3 is 0 Å². The smallest absolute Gasteiger partial charge is 0.256 e. The van der Waals surface area contributed by atoms with Gasteiger partial charge in [-0.3, -0.25) is 4.79 Å². The van der Waals surface area contributed by atoms with Crippen LogP contribution in [-0.4, -0.2) is 31.7 Å². The maximum Gasteiger partial charge on any atom is 0.256 e. The van der Waals surface area contributed by atoms with Crippen LogP contribution >= 0.6 is 0 Å². The Morgan fingerprint density at radius 3 is 2.90 bits per heavy atom. The summed E-state index contributed by atoms with van der Waals surface area (Å²) in [5.74, 6) is -0.369. The highest BCUT2D eigenvalue weighted by atomic mass is 19.1. The molecule has 9 heteroatoms. The van der Waals surface area contributed by atoms with E-state index in [0.29, 0.717) is 5.92 Å². The minimum absolute atomic E-state index is 0.115. The van der Waals surface area contributed by atoms with Gasteiger partial charge < -0.3 is 15.7 Å². The predicted molar refractivity (Wildman–Crippen MR) is 101 cm³/mol. The molecule has 2 saturated carbocycles. The van der Waals surface area contributed by atoms with E-state index >= 15 is 0 Å². The van der Waals surface area contributed by atoms with Crippen LogP contribution in [0.1, 0.15) is 41.7 Å². The molecule has 1 unspecified atom stereocenters. The molecule has 150 valence electrons. The summed E-state index contributed by atoms with van der Waals surface area (Å²) >= 11 is 0. The van der Waals surface area contributed by atoms with Crippen molar-refractivity contribution in [3.8, 4) is 5.75 Å². The van der Waals surface area contributed by atoms with Gasteiger partial charge in [-0.15, -0.1) is 0 Å². The molecule has 0 saturated heterocycles. The van der Waals surface area contributed by atoms with Crippen LogP contribution in [0.2, 0.25) is 0 Å². The molecule has 2 fully saturated rings. The van der Waals surface area contributed by atoms with Crippen molar-refractivity contribution in [2.75, 3.05) is 5.32 Å². The Balaban J connectivity index is 1.42. The number of halogens is 2. The van der Waals surface area contributed by atoms with Crippen molar-refractivity contribution in [1.82, 2.24) is 19.9 Å². The molecular formula is C20H19F2N5O2. The van der Waals surface area contributed by atoms with E-state index in [0.717, 1.165) is 24.6 Å². The minimum atomic E-state index is -0.685. The average molecular weight is 399 g/mol. The van der Waals surface area contributed by atoms with Gasteiger partial charge in [-0.1, -0.05) is 0 Å². The first-order chi connectivity index (χ1) is 13.9. The summed E-state index contributed by atoms with van der Waals surface area (Å²) in [6.07, 6.45) is 4.66. The van der Waals surface area contributed by atoms with Gasteiger partial charge in [0, 0.05) is 11.6 Å². The third kappa shape index (κ3) is 3.06. The van der Waals surface area contributed by atoms with Gasteiger partial charge in [-0.2, -0.15) is 5.10 Å². The monoisotopic (exact) mass is 399 g/mol. The highest BCUT2D eigenvalue weighted by Gasteiger charge is 2.53. The van der Waals surface area contributed by atoms with E-state index in [1.165, 1.54) is 29.3 Å². The Bertz CT molecular complexity index is 1130. The number of phenols is 1. The number of benzene rings is 1. The summed E-state index contributed by atoms with van der Waals surface area (Å²) in [5, 5.41) is 19.8. The number of aromatic nitrogens is 3. The topological polar surface area (TPSA) is 91.5 Å². The van der Waals surface area contributed by atoms with Crippen molar-refractivity contribution >= 4 is 17.4 Å². The molecule has 1 amide bonds. The fourth-order valence-corrected chi connectivity index (χ4v) is 4.06. The van der Waals surface area contributed by atoms with E-state index in [2.05, 4.69) is 20.7 Å². The summed E-state index contributed by atoms with van der Waals surface area (Å²) in [5.41, 5.74) is 0.744. The van der Waals surface area contributed by atoms with Crippen molar-refractivity contribution in [2.45, 2.75) is 31.8 Å². The van der Waals surface area contributed by atoms with Crippen LogP contribution in [0.15, 0.2) is 30.6 Å². The number of aromatic hydroxyl groups is 1. The van der Waals surface area contributed by atoms with Crippen LogP contribution in [0, 0.1) is 23.5 Å². The number of anilines is 1. The number of carbonyl (C=O) groups excluding carboxylic acids is 1. The van der Waals surface area contributed by atoms with Crippen LogP contribution in [0.3, 0.4) is 0 Å². The molecule has 4 atom stereocenters. The summed E-state index contributed by atoms with van der Waals surface area (Å²) in [6, 6.07) is 3.11. The van der Waals surface area contributed by atoms with E-state index in [-0.39, 0.29) is 40.3 Å². The second-order valence-electron chi connectivity index (χ2n) is 7.81. The lowest BCUT2D eigenvalue weighted by molar-refractivity contribution is 0.0913. The van der Waals surface area contributed by atoms with Crippen LogP contribution in [-0.2, 0) is 0 Å². The average Bonchev–Trinajstić information content (AvgIpc) is 3.16. The molecule has 2 aromatic heterocycles. The van der Waals surface area contributed by atoms with Crippen molar-refractivity contribution in [3.05, 3.63) is 53.4 Å². The second kappa shape index (κ2) is 6.40. The summed E-state index contributed by atoms with van der Waals surface area (Å²) in [6.45, 7) is 1.65. The number of nitrogens with one attached hydrogen (secondary N) is 2. The summed E-state index contributed by atoms with van der Waals surface area (Å²) in [7, 11) is 0. The third-order valence-corrected chi connectivity index (χ3v) is 5.87. The summed E-state index contributed by atoms with van der Waals surface area (Å²) in [4.78, 5) is 16.8. The number of rotatable bonds is 5. The maximum atomic E-state index is 14.5. The van der Waals surface area contributed by atoms with Crippen LogP contribution < -0.4 is 10.6 Å². The Kier molecular flexibility index (Phi) is 3.94. The van der Waals surface area contributed by atoms with E-state index < -0.39 is 17.7 Å². The fourth-order valence-electron chi connectivity index (χ4n) is 4.06. The van der Waals surface area contributed by atoms with Gasteiger partial charge in [0.15, 0.2) is 17.3 Å². The molecule has 0 bridgehead atoms. The Labute approximate surface area is 164 Å². The number of hydrogen-bond acceptors (Lipinski definition) is 5. The van der Waals surface area contributed by atoms with Gasteiger partial charge in [-0.25, -0.2) is 18.3 Å². The molecule has 0 radical (unpaired) electrons. The first-order valence-electron chi connectivity index (χ1n) is 9.50. The lowest BCUT2D eigenvalue weighted by Crippen LogP contribution is -2.41. The number of phenolic OH excluding ortho intramolecular Hbond substituents is 1. The molecule has 2 aliphatic rings. The standard InChI is InChI=1S/C20H19F2N5O2/c1-9(12-6-11(21)2-3-17(12)28)24-18-15(22)8-27-19(26-18)14(7-23-27)20(29)25-16-5-10-4-13(10)16/h2-3,6-10,13,16,28H,4-5H2,1H3,(H,24,26)(H,25,29)/t9-,10+,13?,16-/m1/s1. The largest absolute Gasteiger partial charge is 0.508 e. The molecule has 5 rings (SSSR count). The molecule has 2 heterocycles. The fraction of sp³-hybridized carbons (Fsp3) is 0.350. The maximum absolute atomic E-state index is 14.5. The molecule has 3 N–H and O–H groups in total. The van der Waals surface area contributed by atoms with Crippen LogP contribution in [0.5, 0.6) is 5.75 Å². The number of carbonyl (C=O) groups is 1. The van der Waals surface area contributed by atoms with Gasteiger partial charge in [-0.05, 0) is 49.8 Å². The van der Waals surface area contributed by atoms with Gasteiger partial charge in [0.05, 0.1) is 18.4 Å². The predicted octanol–water partition coefficient (Wildman–Crippen LogP) is 3.02. The molecule has 2 aliphatic carbocycles. The van der Waals surface area contributed by atoms with E-state index in [1.807, 2.05) is 0 Å². The van der Waals surface area contributed by atoms with Gasteiger partial charge in [0.25, 0.3) is 5.91 Å². The van der Waals surface area contributed by atoms with Crippen molar-refractivity contribution in [3.63, 3.8) is 0 Å². The summed E-state index contributed by atoms with van der Waals surface area (Å²) < 4.78 is 29.2. The van der Waals surface area contributed by atoms with Crippen LogP contribution in [0.4, 0.5) is 14.6 Å². The second-order valence-corrected chi connectivity index (χ2v) is 7.81. The number of amides is 1. The highest BCUT2D eigenvalue weighted by Crippen LogP contribution is 2.55. The SMILES string of the molecule is C[C@@H](Nc1nc2c(C(=O)N[C@@H]3C[C@@H]4CC43)cnn2cc1F)c1cc(F)ccc1O. The normalized spacial score (nSPS) is 23.2. The van der Waals surface area contributed by atoms with E-state index in [9.17, 15) is 18.7 Å². The third-order valence-electron chi connectivity index (χ3n) is 5.87. The Morgan fingerprint density at radius 1 is 1.34 bits per heavy atom. The molecule has 0 aliphatic heterocycles. The zero-order valence-corrected chi connectivity index (χ0v) is 15.6. The Hall–Kier alpha value is -3.23. The lowest BCUT2D eigenvalue weighted by Gasteiger charge is -2.25. The zero-order chi connectivity index (χ0) is 20.3. The molecular weight excluding hydrogens is 380 g/mol. The quantitative estimate of drug-likeness (QED) is 0.614. The molecule has 29 heavy (non-hydrogen) atoms. The first kappa shape index (κ1) is 17.8. The van der Waals surface area contributed by atoms with Gasteiger partial charge in [0.1, 0.15) is 17.1 Å². The number of nitrogens with zero attached hydrogens (tertiary/aromatic N) is 3. The van der Waals surface area contributed by atoms with Crippen LogP contribution in [0.25, 0.3) is 5.65 Å². The number of fused-ring (bicyclic) bond motifs is 2. The lowest BCUT2D eigenvalue weighted by atomic mass is 9.93. The first-order valence-corrected chi connectivity index (χ1v) is 9.50. The van der Waals surface area contributed by atoms with Gasteiger partial charge in [0.2, 0.25) is 0 Å².